The Kier molecular flexibility index (Phi) is 2.27. The summed E-state index contributed by atoms with van der Waals surface area (Å²) < 4.78 is 0. The number of hydrogen-bond donors (Lipinski definition) is 2. The highest BCUT2D eigenvalue weighted by Gasteiger charge is 2.32. The van der Waals surface area contributed by atoms with Crippen molar-refractivity contribution in [2.45, 2.75) is 26.7 Å². The van der Waals surface area contributed by atoms with Crippen molar-refractivity contribution in [1.82, 2.24) is 10.2 Å². The van der Waals surface area contributed by atoms with E-state index in [1.807, 2.05) is 13.8 Å². The minimum Gasteiger partial charge on any atom is -0.311 e. The van der Waals surface area contributed by atoms with E-state index in [0.29, 0.717) is 5.92 Å². The van der Waals surface area contributed by atoms with Crippen molar-refractivity contribution in [2.24, 2.45) is 11.8 Å². The standard InChI is InChI=1S/C10H15N3O/c1-6-5-11-13-9(6)12-10(14)7(2)8-3-4-8/h5,7-8H,3-4H2,1-2H3,(H2,11,12,13,14). The Bertz CT molecular complexity index is 341. The molecule has 0 bridgehead atoms. The van der Waals surface area contributed by atoms with Gasteiger partial charge in [0, 0.05) is 11.5 Å². The summed E-state index contributed by atoms with van der Waals surface area (Å²) in [5.41, 5.74) is 0.973. The fourth-order valence-corrected chi connectivity index (χ4v) is 1.52. The maximum absolute atomic E-state index is 11.7. The van der Waals surface area contributed by atoms with Gasteiger partial charge in [-0.05, 0) is 25.7 Å². The molecule has 1 aromatic heterocycles. The quantitative estimate of drug-likeness (QED) is 0.767. The van der Waals surface area contributed by atoms with Gasteiger partial charge in [0.25, 0.3) is 0 Å². The topological polar surface area (TPSA) is 57.8 Å². The number of aromatic amines is 1. The van der Waals surface area contributed by atoms with Crippen molar-refractivity contribution in [3.63, 3.8) is 0 Å². The van der Waals surface area contributed by atoms with Gasteiger partial charge >= 0.3 is 0 Å². The van der Waals surface area contributed by atoms with Crippen LogP contribution in [0.15, 0.2) is 6.20 Å². The van der Waals surface area contributed by atoms with Crippen LogP contribution in [0.1, 0.15) is 25.3 Å². The Morgan fingerprint density at radius 1 is 1.71 bits per heavy atom. The lowest BCUT2D eigenvalue weighted by molar-refractivity contribution is -0.119. The molecule has 0 radical (unpaired) electrons. The van der Waals surface area contributed by atoms with Crippen LogP contribution in [0.25, 0.3) is 0 Å². The fraction of sp³-hybridized carbons (Fsp3) is 0.600. The minimum absolute atomic E-state index is 0.0971. The van der Waals surface area contributed by atoms with Crippen LogP contribution in [-0.2, 0) is 4.79 Å². The molecule has 0 aliphatic heterocycles. The molecular formula is C10H15N3O. The number of rotatable bonds is 3. The van der Waals surface area contributed by atoms with Gasteiger partial charge in [0.05, 0.1) is 6.20 Å². The molecule has 2 rings (SSSR count). The van der Waals surface area contributed by atoms with Crippen molar-refractivity contribution >= 4 is 11.7 Å². The van der Waals surface area contributed by atoms with Crippen molar-refractivity contribution in [2.75, 3.05) is 5.32 Å². The molecule has 14 heavy (non-hydrogen) atoms. The first-order valence-corrected chi connectivity index (χ1v) is 4.99. The van der Waals surface area contributed by atoms with Crippen LogP contribution < -0.4 is 5.32 Å². The van der Waals surface area contributed by atoms with E-state index in [9.17, 15) is 4.79 Å². The van der Waals surface area contributed by atoms with Crippen LogP contribution in [0.4, 0.5) is 5.82 Å². The zero-order valence-corrected chi connectivity index (χ0v) is 8.50. The molecule has 1 heterocycles. The predicted octanol–water partition coefficient (Wildman–Crippen LogP) is 1.70. The molecule has 0 aromatic carbocycles. The Morgan fingerprint density at radius 2 is 2.43 bits per heavy atom. The van der Waals surface area contributed by atoms with Gasteiger partial charge in [0.15, 0.2) is 0 Å². The minimum atomic E-state index is 0.0971. The lowest BCUT2D eigenvalue weighted by Gasteiger charge is -2.09. The van der Waals surface area contributed by atoms with E-state index in [0.717, 1.165) is 11.4 Å². The third-order valence-corrected chi connectivity index (χ3v) is 2.82. The van der Waals surface area contributed by atoms with Gasteiger partial charge in [-0.1, -0.05) is 6.92 Å². The van der Waals surface area contributed by atoms with E-state index in [-0.39, 0.29) is 11.8 Å². The summed E-state index contributed by atoms with van der Waals surface area (Å²) in [6.45, 7) is 3.90. The number of nitrogens with zero attached hydrogens (tertiary/aromatic N) is 1. The maximum atomic E-state index is 11.7. The monoisotopic (exact) mass is 193 g/mol. The number of aromatic nitrogens is 2. The first-order chi connectivity index (χ1) is 6.68. The van der Waals surface area contributed by atoms with Gasteiger partial charge in [-0.2, -0.15) is 5.10 Å². The van der Waals surface area contributed by atoms with E-state index in [4.69, 9.17) is 0 Å². The van der Waals surface area contributed by atoms with Crippen LogP contribution in [0.2, 0.25) is 0 Å². The van der Waals surface area contributed by atoms with Crippen LogP contribution in [0.5, 0.6) is 0 Å². The summed E-state index contributed by atoms with van der Waals surface area (Å²) in [5.74, 6) is 1.54. The number of nitrogens with one attached hydrogen (secondary N) is 2. The molecule has 4 heteroatoms. The van der Waals surface area contributed by atoms with Gasteiger partial charge in [-0.15, -0.1) is 0 Å². The highest BCUT2D eigenvalue weighted by Crippen LogP contribution is 2.37. The smallest absolute Gasteiger partial charge is 0.228 e. The van der Waals surface area contributed by atoms with Crippen LogP contribution in [-0.4, -0.2) is 16.1 Å². The summed E-state index contributed by atoms with van der Waals surface area (Å²) >= 11 is 0. The van der Waals surface area contributed by atoms with E-state index in [2.05, 4.69) is 15.5 Å². The van der Waals surface area contributed by atoms with Gasteiger partial charge in [-0.3, -0.25) is 9.89 Å². The number of H-pyrrole nitrogens is 1. The first-order valence-electron chi connectivity index (χ1n) is 4.99. The second kappa shape index (κ2) is 3.44. The van der Waals surface area contributed by atoms with E-state index in [1.165, 1.54) is 12.8 Å². The van der Waals surface area contributed by atoms with Crippen molar-refractivity contribution < 1.29 is 4.79 Å². The number of anilines is 1. The summed E-state index contributed by atoms with van der Waals surface area (Å²) in [6, 6.07) is 0. The number of carbonyl (C=O) groups excluding carboxylic acids is 1. The fourth-order valence-electron chi connectivity index (χ4n) is 1.52. The molecule has 1 unspecified atom stereocenters. The molecule has 2 N–H and O–H groups in total. The Balaban J connectivity index is 1.97. The van der Waals surface area contributed by atoms with Crippen molar-refractivity contribution in [1.29, 1.82) is 0 Å². The molecule has 1 aliphatic carbocycles. The van der Waals surface area contributed by atoms with Gasteiger partial charge in [-0.25, -0.2) is 0 Å². The molecule has 4 nitrogen and oxygen atoms in total. The van der Waals surface area contributed by atoms with Crippen molar-refractivity contribution in [3.8, 4) is 0 Å². The molecule has 76 valence electrons. The summed E-state index contributed by atoms with van der Waals surface area (Å²) in [7, 11) is 0. The normalized spacial score (nSPS) is 17.9. The molecule has 1 saturated carbocycles. The maximum Gasteiger partial charge on any atom is 0.228 e. The lowest BCUT2D eigenvalue weighted by Crippen LogP contribution is -2.22. The second-order valence-electron chi connectivity index (χ2n) is 4.04. The van der Waals surface area contributed by atoms with E-state index >= 15 is 0 Å². The van der Waals surface area contributed by atoms with Gasteiger partial charge in [0.2, 0.25) is 5.91 Å². The molecule has 1 atom stereocenters. The summed E-state index contributed by atoms with van der Waals surface area (Å²) in [5, 5.41) is 9.48. The molecule has 1 aromatic rings. The summed E-state index contributed by atoms with van der Waals surface area (Å²) in [6.07, 6.45) is 4.09. The van der Waals surface area contributed by atoms with Crippen LogP contribution >= 0.6 is 0 Å². The third kappa shape index (κ3) is 1.78. The van der Waals surface area contributed by atoms with Crippen molar-refractivity contribution in [3.05, 3.63) is 11.8 Å². The number of hydrogen-bond acceptors (Lipinski definition) is 2. The van der Waals surface area contributed by atoms with E-state index in [1.54, 1.807) is 6.20 Å². The Labute approximate surface area is 83.1 Å². The first kappa shape index (κ1) is 9.24. The Hall–Kier alpha value is -1.32. The average Bonchev–Trinajstić information content (AvgIpc) is 2.92. The second-order valence-corrected chi connectivity index (χ2v) is 4.04. The predicted molar refractivity (Wildman–Crippen MR) is 53.8 cm³/mol. The number of amides is 1. The highest BCUT2D eigenvalue weighted by molar-refractivity contribution is 5.92. The lowest BCUT2D eigenvalue weighted by atomic mass is 10.1. The molecule has 1 amide bonds. The molecule has 1 aliphatic rings. The molecule has 1 fully saturated rings. The number of carbonyl (C=O) groups is 1. The molecule has 0 spiro atoms. The van der Waals surface area contributed by atoms with Gasteiger partial charge < -0.3 is 5.32 Å². The molecule has 0 saturated heterocycles. The zero-order chi connectivity index (χ0) is 10.1. The van der Waals surface area contributed by atoms with Gasteiger partial charge in [0.1, 0.15) is 5.82 Å². The highest BCUT2D eigenvalue weighted by atomic mass is 16.2. The Morgan fingerprint density at radius 3 is 2.93 bits per heavy atom. The summed E-state index contributed by atoms with van der Waals surface area (Å²) in [4.78, 5) is 11.7. The largest absolute Gasteiger partial charge is 0.311 e. The third-order valence-electron chi connectivity index (χ3n) is 2.82. The molecular weight excluding hydrogens is 178 g/mol. The number of aryl methyl sites for hydroxylation is 1. The SMILES string of the molecule is Cc1cn[nH]c1NC(=O)C(C)C1CC1. The zero-order valence-electron chi connectivity index (χ0n) is 8.50. The average molecular weight is 193 g/mol. The van der Waals surface area contributed by atoms with Crippen LogP contribution in [0, 0.1) is 18.8 Å². The van der Waals surface area contributed by atoms with E-state index < -0.39 is 0 Å². The van der Waals surface area contributed by atoms with Crippen LogP contribution in [0.3, 0.4) is 0 Å².